The van der Waals surface area contributed by atoms with Gasteiger partial charge in [-0.25, -0.2) is 9.78 Å². The monoisotopic (exact) mass is 1260 g/mol. The number of rotatable bonds is 13. The molecule has 5 aromatic carbocycles. The number of carbonyl (C=O) groups is 2. The van der Waals surface area contributed by atoms with E-state index in [-0.39, 0.29) is 66.7 Å². The molecule has 6 N–H and O–H groups in total. The van der Waals surface area contributed by atoms with Crippen LogP contribution >= 0.6 is 81.2 Å². The second kappa shape index (κ2) is 30.7. The van der Waals surface area contributed by atoms with E-state index in [0.29, 0.717) is 50.8 Å². The molecule has 0 bridgehead atoms. The number of aliphatic hydroxyl groups is 1. The molecule has 1 saturated carbocycles. The average Bonchev–Trinajstić information content (AvgIpc) is 3.96. The quantitative estimate of drug-likeness (QED) is 0.0179. The number of carbonyl (C=O) groups excluding carboxylic acids is 2. The van der Waals surface area contributed by atoms with Gasteiger partial charge in [0.2, 0.25) is 5.91 Å². The summed E-state index contributed by atoms with van der Waals surface area (Å²) in [5.41, 5.74) is 9.13. The van der Waals surface area contributed by atoms with Crippen LogP contribution in [0.3, 0.4) is 0 Å². The van der Waals surface area contributed by atoms with Gasteiger partial charge in [-0.05, 0) is 80.5 Å². The molecule has 430 valence electrons. The first-order chi connectivity index (χ1) is 38.5. The average molecular weight is 1260 g/mol. The second-order valence-electron chi connectivity index (χ2n) is 18.9. The molecular weight excluding hydrogens is 1210 g/mol. The van der Waals surface area contributed by atoms with E-state index in [1.807, 2.05) is 35.9 Å². The Morgan fingerprint density at radius 1 is 0.841 bits per heavy atom. The molecule has 1 aromatic heterocycles. The van der Waals surface area contributed by atoms with Crippen molar-refractivity contribution in [3.63, 3.8) is 0 Å². The summed E-state index contributed by atoms with van der Waals surface area (Å²) in [5, 5.41) is 57.9. The van der Waals surface area contributed by atoms with Gasteiger partial charge in [-0.3, -0.25) is 30.3 Å². The molecule has 7 rings (SSSR count). The van der Waals surface area contributed by atoms with Crippen LogP contribution in [0.5, 0.6) is 0 Å². The van der Waals surface area contributed by atoms with Gasteiger partial charge in [0.05, 0.1) is 42.3 Å². The number of fused-ring (bicyclic) bond motifs is 1. The zero-order valence-electron chi connectivity index (χ0n) is 44.5. The van der Waals surface area contributed by atoms with E-state index in [1.165, 1.54) is 44.0 Å². The number of nitrogens with zero attached hydrogens (tertiary/aromatic N) is 7. The molecule has 31 heteroatoms. The number of aliphatic hydroxyl groups excluding tert-OH is 1. The van der Waals surface area contributed by atoms with Gasteiger partial charge < -0.3 is 30.3 Å². The van der Waals surface area contributed by atoms with Crippen molar-refractivity contribution in [3.05, 3.63) is 149 Å². The number of nitrogen functional groups attached to an aromatic ring is 1. The summed E-state index contributed by atoms with van der Waals surface area (Å²) >= 11 is 41.3. The van der Waals surface area contributed by atoms with Crippen LogP contribution in [-0.2, 0) is 34.2 Å². The molecule has 1 heterocycles. The Labute approximate surface area is 506 Å². The number of nitriles is 1. The minimum atomic E-state index is -0.636. The summed E-state index contributed by atoms with van der Waals surface area (Å²) in [6.07, 6.45) is 8.30. The summed E-state index contributed by atoms with van der Waals surface area (Å²) in [7, 11) is 4.70. The Hall–Kier alpha value is -7.28. The molecule has 1 aliphatic carbocycles. The van der Waals surface area contributed by atoms with Gasteiger partial charge in [0.25, 0.3) is 17.6 Å². The van der Waals surface area contributed by atoms with E-state index in [4.69, 9.17) is 107 Å². The number of hydrogen-bond acceptors (Lipinski definition) is 16. The van der Waals surface area contributed by atoms with Crippen LogP contribution in [0.4, 0.5) is 38.9 Å². The first-order valence-electron chi connectivity index (χ1n) is 24.1. The Morgan fingerprint density at radius 2 is 1.45 bits per heavy atom. The summed E-state index contributed by atoms with van der Waals surface area (Å²) < 4.78 is 11.8. The van der Waals surface area contributed by atoms with Gasteiger partial charge in [-0.15, -0.1) is 0 Å². The van der Waals surface area contributed by atoms with Crippen LogP contribution in [0.25, 0.3) is 11.0 Å². The minimum absolute atomic E-state index is 0.0119. The van der Waals surface area contributed by atoms with Crippen LogP contribution in [0, 0.1) is 59.4 Å². The first kappa shape index (κ1) is 67.2. The topological polar surface area (TPSA) is 318 Å². The molecule has 0 atom stereocenters. The number of benzene rings is 5. The number of aromatic nitrogens is 2. The van der Waals surface area contributed by atoms with Crippen LogP contribution in [-0.4, -0.2) is 68.6 Å². The molecule has 0 unspecified atom stereocenters. The number of nitro benzene ring substituents is 3. The summed E-state index contributed by atoms with van der Waals surface area (Å²) in [4.78, 5) is 63.1. The van der Waals surface area contributed by atoms with Gasteiger partial charge >= 0.3 is 114 Å². The number of hydrogen-bond donors (Lipinski definition) is 5. The maximum atomic E-state index is 12.9. The number of imidazole rings is 1. The third kappa shape index (κ3) is 19.4. The fourth-order valence-electron chi connectivity index (χ4n) is 7.72. The molecule has 0 aliphatic heterocycles. The van der Waals surface area contributed by atoms with E-state index in [9.17, 15) is 39.9 Å². The zero-order valence-corrected chi connectivity index (χ0v) is 49.8. The van der Waals surface area contributed by atoms with Crippen molar-refractivity contribution in [1.29, 1.82) is 5.26 Å². The third-order valence-corrected chi connectivity index (χ3v) is 14.2. The fraction of sp³-hybridized carbons (Fsp3) is 0.294. The number of anilines is 3. The van der Waals surface area contributed by atoms with E-state index in [0.717, 1.165) is 60.3 Å². The predicted molar refractivity (Wildman–Crippen MR) is 322 cm³/mol. The van der Waals surface area contributed by atoms with E-state index >= 15 is 0 Å². The number of nitrogens with two attached hydrogens (primary N) is 1. The molecule has 1 fully saturated rings. The summed E-state index contributed by atoms with van der Waals surface area (Å²) in [6.45, 7) is 7.93. The predicted octanol–water partition coefficient (Wildman–Crippen LogP) is 12.4. The van der Waals surface area contributed by atoms with Gasteiger partial charge in [0.15, 0.2) is 0 Å². The molecule has 6 aromatic rings. The van der Waals surface area contributed by atoms with Crippen LogP contribution < -0.4 is 32.6 Å². The molecule has 82 heavy (non-hydrogen) atoms. The van der Waals surface area contributed by atoms with Crippen molar-refractivity contribution in [2.24, 2.45) is 17.4 Å². The van der Waals surface area contributed by atoms with E-state index in [1.54, 1.807) is 46.1 Å². The van der Waals surface area contributed by atoms with Gasteiger partial charge in [0, 0.05) is 54.7 Å². The standard InChI is InChI=1S/C29H36Cl2N4O3.C8H3BCl2N2O3.C8H7BClN3O3.C6H4Cl2N2O2/c1-28(2,3)38-27(37)34-22-16-24-23(15-21(22)31)33-25(35(24)5)14-19-13-18(9-10-20(19)30)17-32-26(36)29(4)11-7-6-8-12-29;10-6-4-8(13(15)16)7(11)3-5(6)9-12-1-2-14;1-12-7-2-5(9-16-4-11)6(10)3-8(7)13(14)15;7-3-2-6(10(11)12)4(8)1-5(3)9/h9-10,13,15-16H,6-8,11-12,14,17H2,1-5H3,(H,32,36)(H,34,37);3-4,14H;2-3,9,12H,1H3;1-2H,9H2. The number of nitro groups is 3. The number of nitrogens with one attached hydrogen (secondary N) is 3. The van der Waals surface area contributed by atoms with Gasteiger partial charge in [-0.2, -0.15) is 5.26 Å². The van der Waals surface area contributed by atoms with Crippen LogP contribution in [0.1, 0.15) is 76.8 Å². The molecular formula is C51H50B2Cl7N11O11. The van der Waals surface area contributed by atoms with E-state index in [2.05, 4.69) is 32.4 Å². The number of halogens is 7. The van der Waals surface area contributed by atoms with Crippen LogP contribution in [0.15, 0.2) is 71.6 Å². The summed E-state index contributed by atoms with van der Waals surface area (Å²) in [5.74, 6) is 0.917. The van der Waals surface area contributed by atoms with Crippen molar-refractivity contribution >= 4 is 164 Å². The zero-order chi connectivity index (χ0) is 61.2. The van der Waals surface area contributed by atoms with E-state index < -0.39 is 26.5 Å². The third-order valence-electron chi connectivity index (χ3n) is 11.9. The van der Waals surface area contributed by atoms with Crippen molar-refractivity contribution in [2.45, 2.75) is 78.4 Å². The number of ether oxygens (including phenoxy) is 1. The Balaban J connectivity index is 0.000000270. The molecule has 0 spiro atoms. The molecule has 0 saturated heterocycles. The van der Waals surface area contributed by atoms with Crippen molar-refractivity contribution in [2.75, 3.05) is 23.4 Å². The first-order valence-corrected chi connectivity index (χ1v) is 26.7. The number of amides is 2. The molecule has 1 aliphatic rings. The van der Waals surface area contributed by atoms with Crippen LogP contribution in [0.2, 0.25) is 35.2 Å². The molecule has 22 nitrogen and oxygen atoms in total. The molecule has 0 radical (unpaired) electrons. The maximum absolute atomic E-state index is 12.9. The Kier molecular flexibility index (Phi) is 25.2. The summed E-state index contributed by atoms with van der Waals surface area (Å²) in [6, 6.07) is 18.9. The van der Waals surface area contributed by atoms with Crippen molar-refractivity contribution in [1.82, 2.24) is 14.9 Å². The van der Waals surface area contributed by atoms with Gasteiger partial charge in [-0.1, -0.05) is 96.3 Å². The second-order valence-corrected chi connectivity index (χ2v) is 21.8. The Morgan fingerprint density at radius 3 is 2.04 bits per heavy atom. The number of aryl methyl sites for hydroxylation is 1. The SMILES string of the molecule is CNc1cc(BOC#N)c(Cl)cc1[N+](=O)[O-].Cn1c(Cc2cc(CNC(=O)C3(C)CCCCC3)ccc2Cl)nc2cc(Cl)c(NC(=O)OC(C)(C)C)cc21.Nc1cc(Cl)c([N+](=O)[O-])cc1Cl.O=[N+]([O-])c1cc(Cl)c(B=NC#CO)cc1Cl. The normalized spacial score (nSPS) is 12.1. The van der Waals surface area contributed by atoms with Crippen molar-refractivity contribution in [3.8, 4) is 18.4 Å². The fourth-order valence-corrected chi connectivity index (χ4v) is 9.17. The van der Waals surface area contributed by atoms with Crippen molar-refractivity contribution < 1.29 is 38.9 Å². The Bertz CT molecular complexity index is 3530. The van der Waals surface area contributed by atoms with Gasteiger partial charge in [0.1, 0.15) is 22.1 Å². The molecule has 2 amide bonds.